The van der Waals surface area contributed by atoms with E-state index in [1.54, 1.807) is 11.3 Å². The Morgan fingerprint density at radius 1 is 1.19 bits per heavy atom. The topological polar surface area (TPSA) is 29.0 Å². The molecule has 0 radical (unpaired) electrons. The molecule has 0 aliphatic carbocycles. The van der Waals surface area contributed by atoms with Gasteiger partial charge in [0.05, 0.1) is 0 Å². The highest BCUT2D eigenvalue weighted by molar-refractivity contribution is 9.11. The third-order valence-corrected chi connectivity index (χ3v) is 4.21. The fraction of sp³-hybridized carbons (Fsp3) is 0.273. The summed E-state index contributed by atoms with van der Waals surface area (Å²) in [6.07, 6.45) is 1.09. The van der Waals surface area contributed by atoms with Gasteiger partial charge >= 0.3 is 0 Å². The number of benzene rings is 1. The Hall–Kier alpha value is -0.940. The Labute approximate surface area is 106 Å². The molecule has 1 aliphatic rings. The lowest BCUT2D eigenvalue weighted by molar-refractivity contribution is 0.723. The van der Waals surface area contributed by atoms with Gasteiger partial charge in [0, 0.05) is 13.1 Å². The number of hydrogen-bond donors (Lipinski definition) is 0. The lowest BCUT2D eigenvalue weighted by Gasteiger charge is -2.27. The number of nitrogens with zero attached hydrogens (tertiary/aromatic N) is 3. The van der Waals surface area contributed by atoms with Crippen LogP contribution in [-0.2, 0) is 13.0 Å². The van der Waals surface area contributed by atoms with E-state index in [4.69, 9.17) is 0 Å². The van der Waals surface area contributed by atoms with Gasteiger partial charge in [-0.2, -0.15) is 0 Å². The van der Waals surface area contributed by atoms with E-state index < -0.39 is 0 Å². The van der Waals surface area contributed by atoms with E-state index in [2.05, 4.69) is 55.3 Å². The van der Waals surface area contributed by atoms with Gasteiger partial charge in [-0.05, 0) is 33.5 Å². The molecule has 2 aromatic rings. The number of hydrogen-bond acceptors (Lipinski definition) is 4. The van der Waals surface area contributed by atoms with E-state index >= 15 is 0 Å². The Bertz CT molecular complexity index is 511. The van der Waals surface area contributed by atoms with E-state index in [0.29, 0.717) is 0 Å². The highest BCUT2D eigenvalue weighted by Gasteiger charge is 2.18. The van der Waals surface area contributed by atoms with Crippen molar-refractivity contribution in [3.05, 3.63) is 39.3 Å². The molecule has 0 bridgehead atoms. The summed E-state index contributed by atoms with van der Waals surface area (Å²) in [6.45, 7) is 1.97. The molecule has 0 N–H and O–H groups in total. The normalized spacial score (nSPS) is 14.9. The second-order valence-corrected chi connectivity index (χ2v) is 6.01. The Morgan fingerprint density at radius 2 is 2.00 bits per heavy atom. The molecular weight excluding hydrogens is 286 g/mol. The van der Waals surface area contributed by atoms with Gasteiger partial charge in [0.15, 0.2) is 3.92 Å². The van der Waals surface area contributed by atoms with Crippen LogP contribution in [0.4, 0.5) is 5.13 Å². The summed E-state index contributed by atoms with van der Waals surface area (Å²) in [4.78, 5) is 2.28. The van der Waals surface area contributed by atoms with Crippen LogP contribution in [0.2, 0.25) is 0 Å². The fourth-order valence-electron chi connectivity index (χ4n) is 1.99. The smallest absolute Gasteiger partial charge is 0.209 e. The minimum absolute atomic E-state index is 0.848. The van der Waals surface area contributed by atoms with Crippen molar-refractivity contribution in [1.29, 1.82) is 0 Å². The van der Waals surface area contributed by atoms with Crippen LogP contribution in [0.15, 0.2) is 28.2 Å². The fourth-order valence-corrected chi connectivity index (χ4v) is 3.10. The van der Waals surface area contributed by atoms with Gasteiger partial charge in [-0.15, -0.1) is 10.2 Å². The molecule has 3 rings (SSSR count). The van der Waals surface area contributed by atoms with Gasteiger partial charge in [0.25, 0.3) is 0 Å². The molecule has 82 valence electrons. The van der Waals surface area contributed by atoms with E-state index in [0.717, 1.165) is 28.6 Å². The van der Waals surface area contributed by atoms with Crippen molar-refractivity contribution in [3.63, 3.8) is 0 Å². The lowest BCUT2D eigenvalue weighted by Crippen LogP contribution is -2.30. The van der Waals surface area contributed by atoms with Gasteiger partial charge in [0.2, 0.25) is 5.13 Å². The average Bonchev–Trinajstić information content (AvgIpc) is 2.75. The monoisotopic (exact) mass is 295 g/mol. The van der Waals surface area contributed by atoms with Crippen LogP contribution >= 0.6 is 27.3 Å². The minimum atomic E-state index is 0.848. The highest BCUT2D eigenvalue weighted by Crippen LogP contribution is 2.28. The van der Waals surface area contributed by atoms with Crippen LogP contribution in [0.25, 0.3) is 0 Å². The van der Waals surface area contributed by atoms with Crippen LogP contribution in [0.1, 0.15) is 11.1 Å². The first-order chi connectivity index (χ1) is 7.83. The predicted molar refractivity (Wildman–Crippen MR) is 68.8 cm³/mol. The molecule has 0 saturated carbocycles. The highest BCUT2D eigenvalue weighted by atomic mass is 79.9. The van der Waals surface area contributed by atoms with Crippen molar-refractivity contribution in [2.24, 2.45) is 0 Å². The third-order valence-electron chi connectivity index (χ3n) is 2.79. The first-order valence-corrected chi connectivity index (χ1v) is 6.74. The minimum Gasteiger partial charge on any atom is -0.342 e. The summed E-state index contributed by atoms with van der Waals surface area (Å²) in [5.41, 5.74) is 2.86. The van der Waals surface area contributed by atoms with Gasteiger partial charge in [-0.25, -0.2) is 0 Å². The van der Waals surface area contributed by atoms with Gasteiger partial charge in [-0.3, -0.25) is 0 Å². The summed E-state index contributed by atoms with van der Waals surface area (Å²) in [5.74, 6) is 0. The summed E-state index contributed by atoms with van der Waals surface area (Å²) >= 11 is 4.94. The molecule has 1 aliphatic heterocycles. The zero-order valence-corrected chi connectivity index (χ0v) is 11.0. The average molecular weight is 296 g/mol. The number of rotatable bonds is 1. The van der Waals surface area contributed by atoms with Crippen LogP contribution in [0.5, 0.6) is 0 Å². The second kappa shape index (κ2) is 4.14. The van der Waals surface area contributed by atoms with Crippen molar-refractivity contribution in [3.8, 4) is 0 Å². The molecule has 1 aromatic carbocycles. The second-order valence-electron chi connectivity index (χ2n) is 3.78. The van der Waals surface area contributed by atoms with Gasteiger partial charge in [-0.1, -0.05) is 35.6 Å². The first-order valence-electron chi connectivity index (χ1n) is 5.13. The molecule has 0 unspecified atom stereocenters. The SMILES string of the molecule is Brc1nnc(N2CCc3ccccc3C2)s1. The largest absolute Gasteiger partial charge is 0.342 e. The first kappa shape index (κ1) is 10.2. The molecule has 0 atom stereocenters. The maximum atomic E-state index is 4.16. The maximum Gasteiger partial charge on any atom is 0.209 e. The van der Waals surface area contributed by atoms with E-state index in [9.17, 15) is 0 Å². The lowest BCUT2D eigenvalue weighted by atomic mass is 10.0. The zero-order valence-electron chi connectivity index (χ0n) is 8.56. The Balaban J connectivity index is 1.88. The van der Waals surface area contributed by atoms with Crippen molar-refractivity contribution < 1.29 is 0 Å². The molecular formula is C11H10BrN3S. The van der Waals surface area contributed by atoms with E-state index in [1.807, 2.05) is 0 Å². The van der Waals surface area contributed by atoms with Crippen LogP contribution < -0.4 is 4.90 Å². The van der Waals surface area contributed by atoms with Crippen molar-refractivity contribution >= 4 is 32.4 Å². The summed E-state index contributed by atoms with van der Waals surface area (Å²) < 4.78 is 0.848. The van der Waals surface area contributed by atoms with E-state index in [-0.39, 0.29) is 0 Å². The van der Waals surface area contributed by atoms with Crippen molar-refractivity contribution in [1.82, 2.24) is 10.2 Å². The van der Waals surface area contributed by atoms with Crippen LogP contribution in [0, 0.1) is 0 Å². The summed E-state index contributed by atoms with van der Waals surface area (Å²) in [7, 11) is 0. The number of anilines is 1. The van der Waals surface area contributed by atoms with Crippen LogP contribution in [0.3, 0.4) is 0 Å². The number of aromatic nitrogens is 2. The summed E-state index contributed by atoms with van der Waals surface area (Å²) in [5, 5.41) is 9.15. The number of fused-ring (bicyclic) bond motifs is 1. The Kier molecular flexibility index (Phi) is 2.65. The quantitative estimate of drug-likeness (QED) is 0.810. The zero-order chi connectivity index (χ0) is 11.0. The maximum absolute atomic E-state index is 4.16. The molecule has 5 heteroatoms. The number of halogens is 1. The molecule has 0 amide bonds. The van der Waals surface area contributed by atoms with Crippen molar-refractivity contribution in [2.45, 2.75) is 13.0 Å². The molecule has 1 aromatic heterocycles. The standard InChI is InChI=1S/C11H10BrN3S/c12-10-13-14-11(16-10)15-6-5-8-3-1-2-4-9(8)7-15/h1-4H,5-7H2. The van der Waals surface area contributed by atoms with Gasteiger partial charge in [0.1, 0.15) is 0 Å². The molecule has 3 nitrogen and oxygen atoms in total. The van der Waals surface area contributed by atoms with Gasteiger partial charge < -0.3 is 4.90 Å². The van der Waals surface area contributed by atoms with Crippen molar-refractivity contribution in [2.75, 3.05) is 11.4 Å². The van der Waals surface area contributed by atoms with E-state index in [1.165, 1.54) is 11.1 Å². The third kappa shape index (κ3) is 1.85. The Morgan fingerprint density at radius 3 is 2.75 bits per heavy atom. The molecule has 16 heavy (non-hydrogen) atoms. The molecule has 0 spiro atoms. The molecule has 0 saturated heterocycles. The van der Waals surface area contributed by atoms with Crippen LogP contribution in [-0.4, -0.2) is 16.7 Å². The predicted octanol–water partition coefficient (Wildman–Crippen LogP) is 2.86. The summed E-state index contributed by atoms with van der Waals surface area (Å²) in [6, 6.07) is 8.61. The molecule has 2 heterocycles. The molecule has 0 fully saturated rings.